The van der Waals surface area contributed by atoms with Crippen LogP contribution in [0, 0.1) is 17.2 Å². The van der Waals surface area contributed by atoms with Gasteiger partial charge in [-0.3, -0.25) is 10.1 Å². The van der Waals surface area contributed by atoms with Crippen LogP contribution in [0.3, 0.4) is 0 Å². The first-order chi connectivity index (χ1) is 14.5. The molecule has 0 unspecified atom stereocenters. The third-order valence-electron chi connectivity index (χ3n) is 5.33. The van der Waals surface area contributed by atoms with Crippen LogP contribution in [-0.4, -0.2) is 11.0 Å². The quantitative estimate of drug-likeness (QED) is 0.535. The summed E-state index contributed by atoms with van der Waals surface area (Å²) in [5, 5.41) is 16.3. The summed E-state index contributed by atoms with van der Waals surface area (Å²) >= 11 is 6.91. The van der Waals surface area contributed by atoms with Gasteiger partial charge in [-0.25, -0.2) is 0 Å². The SMILES string of the molecule is C[C@H]1CCc2c(sc(NC(=S)NC(=O)c3ccc(-c4ccccc4)cc3)c2C#N)C1. The van der Waals surface area contributed by atoms with Crippen LogP contribution < -0.4 is 10.6 Å². The zero-order valence-electron chi connectivity index (χ0n) is 16.6. The molecule has 1 aliphatic rings. The molecule has 1 heterocycles. The minimum Gasteiger partial charge on any atom is -0.323 e. The highest BCUT2D eigenvalue weighted by molar-refractivity contribution is 7.80. The average molecular weight is 432 g/mol. The molecule has 1 atom stereocenters. The highest BCUT2D eigenvalue weighted by Crippen LogP contribution is 2.39. The van der Waals surface area contributed by atoms with Crippen molar-refractivity contribution in [3.63, 3.8) is 0 Å². The van der Waals surface area contributed by atoms with Gasteiger partial charge in [0.05, 0.1) is 5.56 Å². The van der Waals surface area contributed by atoms with Gasteiger partial charge in [0, 0.05) is 10.4 Å². The molecule has 30 heavy (non-hydrogen) atoms. The average Bonchev–Trinajstić information content (AvgIpc) is 3.10. The number of carbonyl (C=O) groups is 1. The first kappa shape index (κ1) is 20.3. The second-order valence-electron chi connectivity index (χ2n) is 7.52. The van der Waals surface area contributed by atoms with Gasteiger partial charge in [-0.15, -0.1) is 11.3 Å². The fourth-order valence-corrected chi connectivity index (χ4v) is 5.34. The van der Waals surface area contributed by atoms with Crippen molar-refractivity contribution in [1.29, 1.82) is 5.26 Å². The second-order valence-corrected chi connectivity index (χ2v) is 9.03. The van der Waals surface area contributed by atoms with Gasteiger partial charge in [-0.1, -0.05) is 49.4 Å². The predicted molar refractivity (Wildman–Crippen MR) is 126 cm³/mol. The third-order valence-corrected chi connectivity index (χ3v) is 6.71. The van der Waals surface area contributed by atoms with Crippen LogP contribution in [0.25, 0.3) is 11.1 Å². The Morgan fingerprint density at radius 2 is 1.83 bits per heavy atom. The smallest absolute Gasteiger partial charge is 0.257 e. The summed E-state index contributed by atoms with van der Waals surface area (Å²) in [6.07, 6.45) is 3.01. The fraction of sp³-hybridized carbons (Fsp3) is 0.208. The van der Waals surface area contributed by atoms with Gasteiger partial charge in [0.1, 0.15) is 11.1 Å². The lowest BCUT2D eigenvalue weighted by atomic mass is 9.89. The number of amides is 1. The third kappa shape index (κ3) is 4.28. The number of carbonyl (C=O) groups excluding carboxylic acids is 1. The highest BCUT2D eigenvalue weighted by Gasteiger charge is 2.24. The van der Waals surface area contributed by atoms with E-state index >= 15 is 0 Å². The molecule has 1 aliphatic carbocycles. The van der Waals surface area contributed by atoms with E-state index in [0.717, 1.165) is 41.0 Å². The molecule has 0 saturated heterocycles. The number of fused-ring (bicyclic) bond motifs is 1. The Morgan fingerprint density at radius 1 is 1.13 bits per heavy atom. The molecule has 6 heteroatoms. The zero-order valence-corrected chi connectivity index (χ0v) is 18.2. The Morgan fingerprint density at radius 3 is 2.53 bits per heavy atom. The van der Waals surface area contributed by atoms with Crippen LogP contribution >= 0.6 is 23.6 Å². The van der Waals surface area contributed by atoms with E-state index in [4.69, 9.17) is 12.2 Å². The number of benzene rings is 2. The predicted octanol–water partition coefficient (Wildman–Crippen LogP) is 5.54. The lowest BCUT2D eigenvalue weighted by Gasteiger charge is -2.17. The maximum absolute atomic E-state index is 12.6. The number of nitrogens with one attached hydrogen (secondary N) is 2. The van der Waals surface area contributed by atoms with Gasteiger partial charge >= 0.3 is 0 Å². The van der Waals surface area contributed by atoms with Crippen LogP contribution in [0.1, 0.15) is 39.7 Å². The Bertz CT molecular complexity index is 1130. The molecule has 0 bridgehead atoms. The second kappa shape index (κ2) is 8.78. The van der Waals surface area contributed by atoms with Crippen molar-refractivity contribution in [3.8, 4) is 17.2 Å². The van der Waals surface area contributed by atoms with Crippen molar-refractivity contribution in [3.05, 3.63) is 76.2 Å². The van der Waals surface area contributed by atoms with Gasteiger partial charge in [-0.2, -0.15) is 5.26 Å². The van der Waals surface area contributed by atoms with Crippen LogP contribution in [0.2, 0.25) is 0 Å². The summed E-state index contributed by atoms with van der Waals surface area (Å²) in [5.41, 5.74) is 4.46. The van der Waals surface area contributed by atoms with E-state index in [-0.39, 0.29) is 11.0 Å². The molecular formula is C24H21N3OS2. The van der Waals surface area contributed by atoms with E-state index in [0.29, 0.717) is 17.0 Å². The van der Waals surface area contributed by atoms with Crippen molar-refractivity contribution in [2.75, 3.05) is 5.32 Å². The molecule has 0 aliphatic heterocycles. The van der Waals surface area contributed by atoms with E-state index in [1.165, 1.54) is 4.88 Å². The van der Waals surface area contributed by atoms with E-state index in [9.17, 15) is 10.1 Å². The Balaban J connectivity index is 1.43. The lowest BCUT2D eigenvalue weighted by Crippen LogP contribution is -2.34. The van der Waals surface area contributed by atoms with Gasteiger partial charge < -0.3 is 5.32 Å². The number of hydrogen-bond acceptors (Lipinski definition) is 4. The van der Waals surface area contributed by atoms with Crippen molar-refractivity contribution >= 4 is 39.6 Å². The molecule has 150 valence electrons. The molecule has 4 nitrogen and oxygen atoms in total. The largest absolute Gasteiger partial charge is 0.323 e. The molecule has 1 aromatic heterocycles. The minimum absolute atomic E-state index is 0.204. The Hall–Kier alpha value is -3.01. The fourth-order valence-electron chi connectivity index (χ4n) is 3.71. The summed E-state index contributed by atoms with van der Waals surface area (Å²) in [6.45, 7) is 2.23. The summed E-state index contributed by atoms with van der Waals surface area (Å²) in [4.78, 5) is 13.8. The van der Waals surface area contributed by atoms with E-state index in [1.807, 2.05) is 42.5 Å². The standard InChI is InChI=1S/C24H21N3OS2/c1-15-7-12-19-20(14-25)23(30-21(19)13-15)27-24(29)26-22(28)18-10-8-17(9-11-18)16-5-3-2-4-6-16/h2-6,8-11,15H,7,12-13H2,1H3,(H2,26,27,28,29)/t15-/m0/s1. The van der Waals surface area contributed by atoms with Crippen molar-refractivity contribution in [2.24, 2.45) is 5.92 Å². The van der Waals surface area contributed by atoms with Crippen molar-refractivity contribution in [1.82, 2.24) is 5.32 Å². The maximum Gasteiger partial charge on any atom is 0.257 e. The molecular weight excluding hydrogens is 410 g/mol. The molecule has 4 rings (SSSR count). The number of thiophene rings is 1. The van der Waals surface area contributed by atoms with Gasteiger partial charge in [0.25, 0.3) is 5.91 Å². The minimum atomic E-state index is -0.277. The molecule has 0 radical (unpaired) electrons. The normalized spacial score (nSPS) is 15.0. The summed E-state index contributed by atoms with van der Waals surface area (Å²) in [5.74, 6) is 0.349. The summed E-state index contributed by atoms with van der Waals surface area (Å²) in [6, 6.07) is 19.7. The molecule has 0 saturated carbocycles. The van der Waals surface area contributed by atoms with E-state index in [2.05, 4.69) is 23.6 Å². The zero-order chi connectivity index (χ0) is 21.1. The molecule has 1 amide bonds. The number of thiocarbonyl (C=S) groups is 1. The Labute approximate surface area is 185 Å². The first-order valence-corrected chi connectivity index (χ1v) is 11.1. The topological polar surface area (TPSA) is 64.9 Å². The summed E-state index contributed by atoms with van der Waals surface area (Å²) in [7, 11) is 0. The number of rotatable bonds is 3. The first-order valence-electron chi connectivity index (χ1n) is 9.87. The van der Waals surface area contributed by atoms with Crippen LogP contribution in [-0.2, 0) is 12.8 Å². The number of anilines is 1. The molecule has 0 fully saturated rings. The van der Waals surface area contributed by atoms with Crippen LogP contribution in [0.4, 0.5) is 5.00 Å². The monoisotopic (exact) mass is 431 g/mol. The van der Waals surface area contributed by atoms with Gasteiger partial charge in [0.15, 0.2) is 5.11 Å². The molecule has 2 aromatic carbocycles. The number of nitriles is 1. The van der Waals surface area contributed by atoms with Crippen LogP contribution in [0.15, 0.2) is 54.6 Å². The summed E-state index contributed by atoms with van der Waals surface area (Å²) < 4.78 is 0. The van der Waals surface area contributed by atoms with Crippen molar-refractivity contribution < 1.29 is 4.79 Å². The molecule has 2 N–H and O–H groups in total. The maximum atomic E-state index is 12.6. The van der Waals surface area contributed by atoms with Gasteiger partial charge in [0.2, 0.25) is 0 Å². The highest BCUT2D eigenvalue weighted by atomic mass is 32.1. The van der Waals surface area contributed by atoms with E-state index in [1.54, 1.807) is 23.5 Å². The van der Waals surface area contributed by atoms with E-state index < -0.39 is 0 Å². The van der Waals surface area contributed by atoms with Crippen LogP contribution in [0.5, 0.6) is 0 Å². The Kier molecular flexibility index (Phi) is 5.93. The molecule has 3 aromatic rings. The lowest BCUT2D eigenvalue weighted by molar-refractivity contribution is 0.0978. The molecule has 0 spiro atoms. The van der Waals surface area contributed by atoms with Gasteiger partial charge in [-0.05, 0) is 66.2 Å². The van der Waals surface area contributed by atoms with Crippen molar-refractivity contribution in [2.45, 2.75) is 26.2 Å². The number of nitrogens with zero attached hydrogens (tertiary/aromatic N) is 1. The number of hydrogen-bond donors (Lipinski definition) is 2.